The summed E-state index contributed by atoms with van der Waals surface area (Å²) >= 11 is 0. The van der Waals surface area contributed by atoms with Gasteiger partial charge in [-0.1, -0.05) is 60.3 Å². The van der Waals surface area contributed by atoms with Crippen molar-refractivity contribution in [1.29, 1.82) is 0 Å². The van der Waals surface area contributed by atoms with E-state index in [0.717, 1.165) is 0 Å². The maximum absolute atomic E-state index is 14.6. The molecule has 0 unspecified atom stereocenters. The van der Waals surface area contributed by atoms with Crippen molar-refractivity contribution < 1.29 is 52.5 Å². The lowest BCUT2D eigenvalue weighted by Gasteiger charge is -2.42. The summed E-state index contributed by atoms with van der Waals surface area (Å²) in [5.74, 6) is -7.16. The molecule has 1 saturated carbocycles. The predicted molar refractivity (Wildman–Crippen MR) is 172 cm³/mol. The van der Waals surface area contributed by atoms with Gasteiger partial charge in [0.15, 0.2) is 11.4 Å². The van der Waals surface area contributed by atoms with Crippen molar-refractivity contribution in [1.82, 2.24) is 4.98 Å². The number of fused-ring (bicyclic) bond motifs is 1. The van der Waals surface area contributed by atoms with Crippen molar-refractivity contribution in [3.05, 3.63) is 54.4 Å². The van der Waals surface area contributed by atoms with Gasteiger partial charge in [-0.05, 0) is 23.6 Å². The largest absolute Gasteiger partial charge is 0.461 e. The lowest BCUT2D eigenvalue weighted by molar-refractivity contribution is -0.186. The van der Waals surface area contributed by atoms with Gasteiger partial charge in [0.25, 0.3) is 0 Å². The Morgan fingerprint density at radius 3 is 2.15 bits per heavy atom. The molecule has 48 heavy (non-hydrogen) atoms. The molecule has 2 aliphatic carbocycles. The molecular weight excluding hydrogens is 622 g/mol. The summed E-state index contributed by atoms with van der Waals surface area (Å²) in [6.45, 7) is 17.9. The van der Waals surface area contributed by atoms with Crippen LogP contribution in [-0.2, 0) is 47.7 Å². The number of nitrogens with zero attached hydrogens (tertiary/aromatic N) is 1. The fraction of sp³-hybridized carbons (Fsp3) is 0.583. The summed E-state index contributed by atoms with van der Waals surface area (Å²) in [6.07, 6.45) is 1.17. The summed E-state index contributed by atoms with van der Waals surface area (Å²) in [6, 6.07) is 3.10. The molecule has 1 fully saturated rings. The van der Waals surface area contributed by atoms with Gasteiger partial charge < -0.3 is 23.7 Å². The van der Waals surface area contributed by atoms with Crippen molar-refractivity contribution >= 4 is 35.6 Å². The van der Waals surface area contributed by atoms with E-state index in [1.54, 1.807) is 59.8 Å². The highest BCUT2D eigenvalue weighted by atomic mass is 16.6. The predicted octanol–water partition coefficient (Wildman–Crippen LogP) is 4.74. The van der Waals surface area contributed by atoms with Crippen LogP contribution >= 0.6 is 0 Å². The first-order valence-corrected chi connectivity index (χ1v) is 16.1. The second kappa shape index (κ2) is 15.3. The summed E-state index contributed by atoms with van der Waals surface area (Å²) < 4.78 is 29.6. The van der Waals surface area contributed by atoms with Crippen molar-refractivity contribution in [3.8, 4) is 0 Å². The molecule has 262 valence electrons. The standard InChI is InChI=1S/C36H47NO11/c1-19(2)33(42)46-30-22(5)17-36(48-25(8)40)28(30)29(45-24(7)39)21(4)16-27(44-23(6)38)32(35(9,10)14-13-20(3)31(36)41)47-34(43)26-12-11-15-37-18-26/h11-15,18-20,22,27-30,32H,4,16-17H2,1-3,5-10H3/b14-13+/t20-,22-,27+,28-,29-,30-,32+,36+/m0/s1. The van der Waals surface area contributed by atoms with E-state index in [-0.39, 0.29) is 24.0 Å². The number of carbonyl (C=O) groups is 6. The van der Waals surface area contributed by atoms with Crippen LogP contribution in [-0.4, -0.2) is 70.6 Å². The summed E-state index contributed by atoms with van der Waals surface area (Å²) in [4.78, 5) is 83.0. The number of esters is 5. The molecular formula is C36H47NO11. The Balaban J connectivity index is 2.31. The van der Waals surface area contributed by atoms with Gasteiger partial charge in [-0.25, -0.2) is 4.79 Å². The molecule has 1 aromatic heterocycles. The van der Waals surface area contributed by atoms with Gasteiger partial charge in [0.2, 0.25) is 0 Å². The van der Waals surface area contributed by atoms with Crippen molar-refractivity contribution in [2.75, 3.05) is 0 Å². The molecule has 3 rings (SSSR count). The summed E-state index contributed by atoms with van der Waals surface area (Å²) in [7, 11) is 0. The number of carbonyl (C=O) groups excluding carboxylic acids is 6. The van der Waals surface area contributed by atoms with Crippen molar-refractivity contribution in [2.45, 2.75) is 105 Å². The Bertz CT molecular complexity index is 1450. The molecule has 0 amide bonds. The number of hydrogen-bond donors (Lipinski definition) is 0. The zero-order valence-corrected chi connectivity index (χ0v) is 29.1. The zero-order valence-electron chi connectivity index (χ0n) is 29.1. The second-order valence-electron chi connectivity index (χ2n) is 13.7. The van der Waals surface area contributed by atoms with Gasteiger partial charge in [0, 0.05) is 57.3 Å². The Hall–Kier alpha value is -4.35. The molecule has 1 heterocycles. The van der Waals surface area contributed by atoms with Crippen LogP contribution < -0.4 is 0 Å². The number of hydrogen-bond acceptors (Lipinski definition) is 12. The number of allylic oxidation sites excluding steroid dienone is 1. The monoisotopic (exact) mass is 669 g/mol. The van der Waals surface area contributed by atoms with Crippen molar-refractivity contribution in [3.63, 3.8) is 0 Å². The average molecular weight is 670 g/mol. The molecule has 0 spiro atoms. The molecule has 12 nitrogen and oxygen atoms in total. The van der Waals surface area contributed by atoms with E-state index in [1.807, 2.05) is 0 Å². The SMILES string of the molecule is C=C1C[C@@H](OC(C)=O)[C@@H](OC(=O)c2cccnc2)C(C)(C)/C=C/[C@H](C)C(=O)[C@@]2(OC(C)=O)C[C@H](C)[C@H](OC(=O)C(C)C)[C@@H]2[C@H]1OC(C)=O. The number of aromatic nitrogens is 1. The highest BCUT2D eigenvalue weighted by molar-refractivity contribution is 5.93. The van der Waals surface area contributed by atoms with Crippen LogP contribution in [0.2, 0.25) is 0 Å². The smallest absolute Gasteiger partial charge is 0.340 e. The Labute approximate surface area is 281 Å². The third-order valence-electron chi connectivity index (χ3n) is 8.78. The van der Waals surface area contributed by atoms with E-state index in [4.69, 9.17) is 23.7 Å². The van der Waals surface area contributed by atoms with Gasteiger partial charge in [-0.3, -0.25) is 29.0 Å². The molecule has 1 aromatic rings. The van der Waals surface area contributed by atoms with E-state index in [9.17, 15) is 28.8 Å². The molecule has 0 aromatic carbocycles. The number of ether oxygens (including phenoxy) is 5. The van der Waals surface area contributed by atoms with Gasteiger partial charge in [0.1, 0.15) is 24.4 Å². The minimum Gasteiger partial charge on any atom is -0.461 e. The molecule has 2 aliphatic rings. The lowest BCUT2D eigenvalue weighted by atomic mass is 9.72. The number of rotatable bonds is 7. The van der Waals surface area contributed by atoms with E-state index in [2.05, 4.69) is 11.6 Å². The fourth-order valence-corrected chi connectivity index (χ4v) is 6.63. The molecule has 0 N–H and O–H groups in total. The van der Waals surface area contributed by atoms with Crippen LogP contribution in [0.5, 0.6) is 0 Å². The quantitative estimate of drug-likeness (QED) is 0.223. The van der Waals surface area contributed by atoms with E-state index < -0.39 is 94.7 Å². The van der Waals surface area contributed by atoms with Crippen LogP contribution in [0.4, 0.5) is 0 Å². The van der Waals surface area contributed by atoms with E-state index in [0.29, 0.717) is 0 Å². The third-order valence-corrected chi connectivity index (χ3v) is 8.78. The molecule has 12 heteroatoms. The molecule has 0 aliphatic heterocycles. The van der Waals surface area contributed by atoms with Crippen molar-refractivity contribution in [2.24, 2.45) is 29.1 Å². The Morgan fingerprint density at radius 1 is 0.958 bits per heavy atom. The highest BCUT2D eigenvalue weighted by Gasteiger charge is 2.65. The maximum atomic E-state index is 14.6. The molecule has 0 radical (unpaired) electrons. The highest BCUT2D eigenvalue weighted by Crippen LogP contribution is 2.51. The van der Waals surface area contributed by atoms with Crippen LogP contribution in [0.15, 0.2) is 48.8 Å². The summed E-state index contributed by atoms with van der Waals surface area (Å²) in [5.41, 5.74) is -2.64. The molecule has 0 saturated heterocycles. The van der Waals surface area contributed by atoms with E-state index in [1.165, 1.54) is 39.2 Å². The number of Topliss-reactive ketones (excluding diaryl/α,β-unsaturated/α-hetero) is 1. The minimum absolute atomic E-state index is 0.0303. The first-order valence-electron chi connectivity index (χ1n) is 16.1. The van der Waals surface area contributed by atoms with Gasteiger partial charge >= 0.3 is 29.8 Å². The molecule has 0 bridgehead atoms. The lowest BCUT2D eigenvalue weighted by Crippen LogP contribution is -2.56. The van der Waals surface area contributed by atoms with Gasteiger partial charge in [-0.2, -0.15) is 0 Å². The van der Waals surface area contributed by atoms with Crippen LogP contribution in [0.3, 0.4) is 0 Å². The van der Waals surface area contributed by atoms with E-state index >= 15 is 0 Å². The number of ketones is 1. The van der Waals surface area contributed by atoms with Gasteiger partial charge in [0.05, 0.1) is 17.4 Å². The van der Waals surface area contributed by atoms with Gasteiger partial charge in [-0.15, -0.1) is 0 Å². The second-order valence-corrected chi connectivity index (χ2v) is 13.7. The third kappa shape index (κ3) is 8.56. The van der Waals surface area contributed by atoms with Crippen LogP contribution in [0.1, 0.15) is 85.5 Å². The first kappa shape index (κ1) is 38.1. The topological polar surface area (TPSA) is 161 Å². The first-order chi connectivity index (χ1) is 22.3. The minimum atomic E-state index is -1.90. The average Bonchev–Trinajstić information content (AvgIpc) is 3.26. The Morgan fingerprint density at radius 2 is 1.60 bits per heavy atom. The zero-order chi connectivity index (χ0) is 36.1. The molecule has 8 atom stereocenters. The fourth-order valence-electron chi connectivity index (χ4n) is 6.63. The number of pyridine rings is 1. The Kier molecular flexibility index (Phi) is 12.1. The normalized spacial score (nSPS) is 30.9. The summed E-state index contributed by atoms with van der Waals surface area (Å²) in [5, 5.41) is 0. The van der Waals surface area contributed by atoms with Crippen LogP contribution in [0, 0.1) is 29.1 Å². The van der Waals surface area contributed by atoms with Crippen LogP contribution in [0.25, 0.3) is 0 Å². The maximum Gasteiger partial charge on any atom is 0.340 e.